The van der Waals surface area contributed by atoms with Crippen molar-refractivity contribution >= 4 is 35.0 Å². The van der Waals surface area contributed by atoms with Gasteiger partial charge in [-0.3, -0.25) is 14.5 Å². The van der Waals surface area contributed by atoms with Crippen molar-refractivity contribution in [3.05, 3.63) is 57.5 Å². The van der Waals surface area contributed by atoms with Crippen LogP contribution in [0.4, 0.5) is 0 Å². The highest BCUT2D eigenvalue weighted by molar-refractivity contribution is 6.35. The molecule has 0 aliphatic carbocycles. The Morgan fingerprint density at radius 2 is 1.71 bits per heavy atom. The number of halogens is 2. The summed E-state index contributed by atoms with van der Waals surface area (Å²) >= 11 is 12.0. The van der Waals surface area contributed by atoms with Crippen LogP contribution in [0.1, 0.15) is 21.9 Å². The normalized spacial score (nSPS) is 14.9. The van der Waals surface area contributed by atoms with E-state index in [-0.39, 0.29) is 11.8 Å². The van der Waals surface area contributed by atoms with Crippen LogP contribution in [-0.2, 0) is 11.3 Å². The van der Waals surface area contributed by atoms with Crippen LogP contribution in [-0.4, -0.2) is 66.3 Å². The summed E-state index contributed by atoms with van der Waals surface area (Å²) in [6.07, 6.45) is 0. The molecule has 1 aliphatic rings. The summed E-state index contributed by atoms with van der Waals surface area (Å²) in [6.45, 7) is 5.03. The lowest BCUT2D eigenvalue weighted by molar-refractivity contribution is -0.132. The van der Waals surface area contributed by atoms with E-state index in [4.69, 9.17) is 27.6 Å². The maximum atomic E-state index is 12.7. The summed E-state index contributed by atoms with van der Waals surface area (Å²) < 4.78 is 5.52. The molecule has 2 heterocycles. The molecule has 150 valence electrons. The zero-order chi connectivity index (χ0) is 20.3. The Morgan fingerprint density at radius 1 is 1.07 bits per heavy atom. The van der Waals surface area contributed by atoms with Crippen LogP contribution in [0.5, 0.6) is 0 Å². The van der Waals surface area contributed by atoms with Crippen molar-refractivity contribution in [3.63, 3.8) is 0 Å². The van der Waals surface area contributed by atoms with Crippen LogP contribution < -0.4 is 0 Å². The van der Waals surface area contributed by atoms with E-state index in [0.717, 1.165) is 11.5 Å². The molecular weight excluding hydrogens is 401 g/mol. The zero-order valence-electron chi connectivity index (χ0n) is 16.0. The number of amides is 2. The third-order valence-corrected chi connectivity index (χ3v) is 5.18. The van der Waals surface area contributed by atoms with Gasteiger partial charge < -0.3 is 14.2 Å². The van der Waals surface area contributed by atoms with Gasteiger partial charge in [0.1, 0.15) is 11.5 Å². The molecule has 0 saturated carbocycles. The molecule has 3 rings (SSSR count). The summed E-state index contributed by atoms with van der Waals surface area (Å²) in [5.41, 5.74) is 0.482. The third kappa shape index (κ3) is 5.28. The van der Waals surface area contributed by atoms with E-state index in [1.165, 1.54) is 0 Å². The molecule has 2 aromatic rings. The molecule has 0 atom stereocenters. The topological polar surface area (TPSA) is 57.0 Å². The minimum Gasteiger partial charge on any atom is -0.464 e. The van der Waals surface area contributed by atoms with E-state index in [2.05, 4.69) is 4.90 Å². The number of furan rings is 1. The van der Waals surface area contributed by atoms with E-state index in [1.54, 1.807) is 35.0 Å². The highest BCUT2D eigenvalue weighted by Crippen LogP contribution is 2.20. The van der Waals surface area contributed by atoms with Crippen molar-refractivity contribution in [1.29, 1.82) is 0 Å². The lowest BCUT2D eigenvalue weighted by Gasteiger charge is -2.35. The van der Waals surface area contributed by atoms with Crippen molar-refractivity contribution in [1.82, 2.24) is 14.7 Å². The van der Waals surface area contributed by atoms with Gasteiger partial charge in [-0.1, -0.05) is 23.2 Å². The fourth-order valence-corrected chi connectivity index (χ4v) is 3.70. The van der Waals surface area contributed by atoms with Crippen molar-refractivity contribution in [3.8, 4) is 0 Å². The number of carbonyl (C=O) groups is 2. The number of benzene rings is 1. The van der Waals surface area contributed by atoms with Gasteiger partial charge in [0.15, 0.2) is 0 Å². The predicted octanol–water partition coefficient (Wildman–Crippen LogP) is 3.31. The van der Waals surface area contributed by atoms with Crippen LogP contribution in [0.25, 0.3) is 0 Å². The first-order valence-electron chi connectivity index (χ1n) is 9.09. The smallest absolute Gasteiger partial charge is 0.254 e. The van der Waals surface area contributed by atoms with Gasteiger partial charge >= 0.3 is 0 Å². The number of hydrogen-bond acceptors (Lipinski definition) is 4. The van der Waals surface area contributed by atoms with Crippen LogP contribution in [0.15, 0.2) is 34.7 Å². The van der Waals surface area contributed by atoms with Crippen LogP contribution in [0.3, 0.4) is 0 Å². The quantitative estimate of drug-likeness (QED) is 0.739. The number of likely N-dealkylation sites (N-methyl/N-ethyl adjacent to an activating group) is 1. The molecular formula is C20H23Cl2N3O3. The SMILES string of the molecule is Cc1ccc(CN(C)C(=O)CN2CCN(C(=O)c3cc(Cl)cc(Cl)c3)CC2)o1. The maximum Gasteiger partial charge on any atom is 0.254 e. The van der Waals surface area contributed by atoms with Gasteiger partial charge in [-0.2, -0.15) is 0 Å². The van der Waals surface area contributed by atoms with Crippen LogP contribution in [0.2, 0.25) is 10.0 Å². The second-order valence-corrected chi connectivity index (χ2v) is 7.86. The van der Waals surface area contributed by atoms with Gasteiger partial charge in [0.05, 0.1) is 13.1 Å². The second kappa shape index (κ2) is 8.99. The molecule has 1 fully saturated rings. The Labute approximate surface area is 174 Å². The average molecular weight is 424 g/mol. The largest absolute Gasteiger partial charge is 0.464 e. The van der Waals surface area contributed by atoms with Gasteiger partial charge in [0, 0.05) is 48.8 Å². The second-order valence-electron chi connectivity index (χ2n) is 6.99. The van der Waals surface area contributed by atoms with Gasteiger partial charge in [-0.05, 0) is 37.3 Å². The van der Waals surface area contributed by atoms with Gasteiger partial charge in [-0.15, -0.1) is 0 Å². The average Bonchev–Trinajstić information content (AvgIpc) is 3.05. The Morgan fingerprint density at radius 3 is 2.29 bits per heavy atom. The minimum absolute atomic E-state index is 0.0236. The number of nitrogens with zero attached hydrogens (tertiary/aromatic N) is 3. The predicted molar refractivity (Wildman–Crippen MR) is 109 cm³/mol. The zero-order valence-corrected chi connectivity index (χ0v) is 17.5. The summed E-state index contributed by atoms with van der Waals surface area (Å²) in [4.78, 5) is 30.6. The molecule has 6 nitrogen and oxygen atoms in total. The number of aryl methyl sites for hydroxylation is 1. The molecule has 0 N–H and O–H groups in total. The molecule has 0 radical (unpaired) electrons. The van der Waals surface area contributed by atoms with Crippen molar-refractivity contribution in [2.24, 2.45) is 0 Å². The number of hydrogen-bond donors (Lipinski definition) is 0. The first kappa shape index (κ1) is 20.7. The lowest BCUT2D eigenvalue weighted by Crippen LogP contribution is -2.51. The third-order valence-electron chi connectivity index (χ3n) is 4.74. The Bertz CT molecular complexity index is 840. The summed E-state index contributed by atoms with van der Waals surface area (Å²) in [6, 6.07) is 8.61. The first-order valence-corrected chi connectivity index (χ1v) is 9.84. The summed E-state index contributed by atoms with van der Waals surface area (Å²) in [5, 5.41) is 0.879. The molecule has 1 saturated heterocycles. The van der Waals surface area contributed by atoms with Gasteiger partial charge in [0.2, 0.25) is 5.91 Å². The Kier molecular flexibility index (Phi) is 6.65. The Balaban J connectivity index is 1.49. The highest BCUT2D eigenvalue weighted by Gasteiger charge is 2.24. The van der Waals surface area contributed by atoms with Crippen molar-refractivity contribution in [2.75, 3.05) is 39.8 Å². The monoisotopic (exact) mass is 423 g/mol. The van der Waals surface area contributed by atoms with Crippen molar-refractivity contribution in [2.45, 2.75) is 13.5 Å². The van der Waals surface area contributed by atoms with Crippen molar-refractivity contribution < 1.29 is 14.0 Å². The fourth-order valence-electron chi connectivity index (χ4n) is 3.17. The maximum absolute atomic E-state index is 12.7. The van der Waals surface area contributed by atoms with Gasteiger partial charge in [-0.25, -0.2) is 0 Å². The molecule has 0 unspecified atom stereocenters. The number of piperazine rings is 1. The summed E-state index contributed by atoms with van der Waals surface area (Å²) in [7, 11) is 1.77. The minimum atomic E-state index is -0.0966. The molecule has 0 bridgehead atoms. The summed E-state index contributed by atoms with van der Waals surface area (Å²) in [5.74, 6) is 1.53. The lowest BCUT2D eigenvalue weighted by atomic mass is 10.2. The molecule has 28 heavy (non-hydrogen) atoms. The fraction of sp³-hybridized carbons (Fsp3) is 0.400. The molecule has 1 aromatic carbocycles. The molecule has 8 heteroatoms. The first-order chi connectivity index (χ1) is 13.3. The molecule has 2 amide bonds. The van der Waals surface area contributed by atoms with Crippen LogP contribution in [0, 0.1) is 6.92 Å². The van der Waals surface area contributed by atoms with E-state index in [0.29, 0.717) is 54.9 Å². The number of rotatable bonds is 5. The number of carbonyl (C=O) groups excluding carboxylic acids is 2. The van der Waals surface area contributed by atoms with Gasteiger partial charge in [0.25, 0.3) is 5.91 Å². The van der Waals surface area contributed by atoms with E-state index in [9.17, 15) is 9.59 Å². The molecule has 0 spiro atoms. The highest BCUT2D eigenvalue weighted by atomic mass is 35.5. The van der Waals surface area contributed by atoms with Crippen LogP contribution >= 0.6 is 23.2 Å². The van der Waals surface area contributed by atoms with E-state index < -0.39 is 0 Å². The standard InChI is InChI=1S/C20H23Cl2N3O3/c1-14-3-4-18(28-14)12-23(2)19(26)13-24-5-7-25(8-6-24)20(27)15-9-16(21)11-17(22)10-15/h3-4,9-11H,5-8,12-13H2,1-2H3. The van der Waals surface area contributed by atoms with E-state index in [1.807, 2.05) is 19.1 Å². The Hall–Kier alpha value is -2.02. The molecule has 1 aliphatic heterocycles. The van der Waals surface area contributed by atoms with E-state index >= 15 is 0 Å². The molecule has 1 aromatic heterocycles.